The van der Waals surface area contributed by atoms with E-state index >= 15 is 0 Å². The van der Waals surface area contributed by atoms with Gasteiger partial charge in [0.1, 0.15) is 0 Å². The van der Waals surface area contributed by atoms with Crippen LogP contribution in [0.25, 0.3) is 0 Å². The second-order valence-corrected chi connectivity index (χ2v) is 4.87. The Kier molecular flexibility index (Phi) is 3.52. The minimum absolute atomic E-state index is 0.111. The van der Waals surface area contributed by atoms with Crippen LogP contribution in [0.5, 0.6) is 0 Å². The molecule has 0 aromatic carbocycles. The third-order valence-corrected chi connectivity index (χ3v) is 3.87. The molecule has 2 aliphatic rings. The Morgan fingerprint density at radius 1 is 1.31 bits per heavy atom. The number of amides is 1. The number of likely N-dealkylation sites (tertiary alicyclic amines) is 1. The van der Waals surface area contributed by atoms with Crippen LogP contribution in [-0.2, 0) is 4.79 Å². The van der Waals surface area contributed by atoms with Gasteiger partial charge in [0.2, 0.25) is 5.91 Å². The fourth-order valence-corrected chi connectivity index (χ4v) is 2.57. The van der Waals surface area contributed by atoms with Crippen molar-refractivity contribution in [3.63, 3.8) is 0 Å². The highest BCUT2D eigenvalue weighted by molar-refractivity contribution is 6.43. The molecule has 0 radical (unpaired) electrons. The summed E-state index contributed by atoms with van der Waals surface area (Å²) in [7, 11) is -1.44. The van der Waals surface area contributed by atoms with Gasteiger partial charge in [0, 0.05) is 6.54 Å². The first-order valence-corrected chi connectivity index (χ1v) is 6.03. The molecule has 0 bridgehead atoms. The van der Waals surface area contributed by atoms with Gasteiger partial charge < -0.3 is 20.7 Å². The number of hydrogen-bond acceptors (Lipinski definition) is 4. The van der Waals surface area contributed by atoms with Crippen molar-refractivity contribution >= 4 is 13.0 Å². The van der Waals surface area contributed by atoms with E-state index in [2.05, 4.69) is 0 Å². The molecule has 0 aromatic heterocycles. The van der Waals surface area contributed by atoms with E-state index in [1.165, 1.54) is 0 Å². The lowest BCUT2D eigenvalue weighted by atomic mass is 9.76. The molecule has 1 saturated heterocycles. The molecule has 1 unspecified atom stereocenters. The van der Waals surface area contributed by atoms with E-state index in [1.807, 2.05) is 0 Å². The monoisotopic (exact) mass is 226 g/mol. The van der Waals surface area contributed by atoms with Crippen LogP contribution in [0, 0.1) is 5.92 Å². The Hall–Kier alpha value is -0.585. The van der Waals surface area contributed by atoms with Crippen LogP contribution < -0.4 is 5.73 Å². The molecule has 1 saturated carbocycles. The van der Waals surface area contributed by atoms with Gasteiger partial charge in [0.15, 0.2) is 0 Å². The number of nitrogens with zero attached hydrogens (tertiary/aromatic N) is 1. The molecule has 1 aliphatic heterocycles. The number of carbonyl (C=O) groups excluding carboxylic acids is 1. The zero-order chi connectivity index (χ0) is 11.7. The van der Waals surface area contributed by atoms with Gasteiger partial charge >= 0.3 is 7.12 Å². The van der Waals surface area contributed by atoms with Crippen LogP contribution in [0.1, 0.15) is 32.1 Å². The number of rotatable bonds is 3. The Morgan fingerprint density at radius 3 is 2.50 bits per heavy atom. The van der Waals surface area contributed by atoms with Crippen molar-refractivity contribution in [1.29, 1.82) is 0 Å². The van der Waals surface area contributed by atoms with E-state index in [0.717, 1.165) is 25.7 Å². The van der Waals surface area contributed by atoms with E-state index in [4.69, 9.17) is 5.73 Å². The Morgan fingerprint density at radius 2 is 2.00 bits per heavy atom. The van der Waals surface area contributed by atoms with Crippen LogP contribution in [0.15, 0.2) is 0 Å². The summed E-state index contributed by atoms with van der Waals surface area (Å²) in [4.78, 5) is 13.6. The van der Waals surface area contributed by atoms with Gasteiger partial charge in [-0.05, 0) is 31.6 Å². The lowest BCUT2D eigenvalue weighted by Gasteiger charge is -2.34. The van der Waals surface area contributed by atoms with E-state index in [9.17, 15) is 14.8 Å². The Balaban J connectivity index is 1.97. The molecule has 0 aromatic rings. The summed E-state index contributed by atoms with van der Waals surface area (Å²) in [6.45, 7) is 0.599. The Labute approximate surface area is 95.8 Å². The molecule has 1 amide bonds. The summed E-state index contributed by atoms with van der Waals surface area (Å²) in [6, 6.07) is -0.451. The molecule has 2 atom stereocenters. The standard InChI is InChI=1S/C10H19BN2O3/c12-9(7-3-1-4-7)10(14)13-6-2-5-8(13)11(15)16/h7-9,15-16H,1-6,12H2/t8-,9?/m0/s1. The van der Waals surface area contributed by atoms with Crippen molar-refractivity contribution in [3.05, 3.63) is 0 Å². The van der Waals surface area contributed by atoms with Gasteiger partial charge in [-0.15, -0.1) is 0 Å². The normalized spacial score (nSPS) is 27.7. The quantitative estimate of drug-likeness (QED) is 0.545. The third-order valence-electron chi connectivity index (χ3n) is 3.87. The first-order chi connectivity index (χ1) is 7.61. The van der Waals surface area contributed by atoms with Crippen molar-refractivity contribution in [2.24, 2.45) is 11.7 Å². The fraction of sp³-hybridized carbons (Fsp3) is 0.900. The first kappa shape index (κ1) is 11.9. The van der Waals surface area contributed by atoms with Gasteiger partial charge in [-0.2, -0.15) is 0 Å². The summed E-state index contributed by atoms with van der Waals surface area (Å²) in [6.07, 6.45) is 4.67. The van der Waals surface area contributed by atoms with Crippen molar-refractivity contribution in [2.45, 2.75) is 44.1 Å². The minimum atomic E-state index is -1.44. The average molecular weight is 226 g/mol. The lowest BCUT2D eigenvalue weighted by molar-refractivity contribution is -0.134. The highest BCUT2D eigenvalue weighted by atomic mass is 16.4. The van der Waals surface area contributed by atoms with Gasteiger partial charge in [-0.25, -0.2) is 0 Å². The maximum absolute atomic E-state index is 12.1. The largest absolute Gasteiger partial charge is 0.475 e. The number of carbonyl (C=O) groups is 1. The van der Waals surface area contributed by atoms with E-state index in [-0.39, 0.29) is 5.91 Å². The zero-order valence-electron chi connectivity index (χ0n) is 9.38. The Bertz CT molecular complexity index is 271. The van der Waals surface area contributed by atoms with Crippen molar-refractivity contribution in [1.82, 2.24) is 4.90 Å². The average Bonchev–Trinajstić information content (AvgIpc) is 2.61. The predicted molar refractivity (Wildman–Crippen MR) is 60.2 cm³/mol. The molecule has 0 spiro atoms. The van der Waals surface area contributed by atoms with Crippen LogP contribution in [0.3, 0.4) is 0 Å². The zero-order valence-corrected chi connectivity index (χ0v) is 9.38. The third kappa shape index (κ3) is 2.10. The summed E-state index contributed by atoms with van der Waals surface area (Å²) in [5, 5.41) is 18.4. The van der Waals surface area contributed by atoms with Gasteiger partial charge in [0.05, 0.1) is 12.0 Å². The highest BCUT2D eigenvalue weighted by Crippen LogP contribution is 2.30. The SMILES string of the molecule is NC(C(=O)N1CCC[C@H]1B(O)O)C1CCC1. The lowest BCUT2D eigenvalue weighted by Crippen LogP contribution is -2.54. The molecule has 5 nitrogen and oxygen atoms in total. The summed E-state index contributed by atoms with van der Waals surface area (Å²) in [5.74, 6) is -0.275. The van der Waals surface area contributed by atoms with Crippen LogP contribution in [0.2, 0.25) is 0 Å². The van der Waals surface area contributed by atoms with E-state index < -0.39 is 19.1 Å². The molecular formula is C10H19BN2O3. The number of hydrogen-bond donors (Lipinski definition) is 3. The number of nitrogens with two attached hydrogens (primary N) is 1. The molecule has 6 heteroatoms. The van der Waals surface area contributed by atoms with Gasteiger partial charge in [-0.1, -0.05) is 6.42 Å². The molecular weight excluding hydrogens is 207 g/mol. The van der Waals surface area contributed by atoms with Gasteiger partial charge in [-0.3, -0.25) is 4.79 Å². The summed E-state index contributed by atoms with van der Waals surface area (Å²) >= 11 is 0. The highest BCUT2D eigenvalue weighted by Gasteiger charge is 2.40. The second-order valence-electron chi connectivity index (χ2n) is 4.87. The summed E-state index contributed by atoms with van der Waals surface area (Å²) < 4.78 is 0. The van der Waals surface area contributed by atoms with Gasteiger partial charge in [0.25, 0.3) is 0 Å². The molecule has 2 rings (SSSR count). The van der Waals surface area contributed by atoms with Crippen molar-refractivity contribution in [3.8, 4) is 0 Å². The molecule has 1 aliphatic carbocycles. The maximum Gasteiger partial charge on any atom is 0.475 e. The molecule has 1 heterocycles. The first-order valence-electron chi connectivity index (χ1n) is 6.03. The maximum atomic E-state index is 12.1. The summed E-state index contributed by atoms with van der Waals surface area (Å²) in [5.41, 5.74) is 5.91. The molecule has 2 fully saturated rings. The minimum Gasteiger partial charge on any atom is -0.426 e. The van der Waals surface area contributed by atoms with Crippen LogP contribution in [0.4, 0.5) is 0 Å². The topological polar surface area (TPSA) is 86.8 Å². The fourth-order valence-electron chi connectivity index (χ4n) is 2.57. The second kappa shape index (κ2) is 4.73. The molecule has 4 N–H and O–H groups in total. The van der Waals surface area contributed by atoms with E-state index in [0.29, 0.717) is 18.9 Å². The van der Waals surface area contributed by atoms with E-state index in [1.54, 1.807) is 4.90 Å². The van der Waals surface area contributed by atoms with Crippen molar-refractivity contribution < 1.29 is 14.8 Å². The van der Waals surface area contributed by atoms with Crippen LogP contribution in [-0.4, -0.2) is 46.5 Å². The van der Waals surface area contributed by atoms with Crippen molar-refractivity contribution in [2.75, 3.05) is 6.54 Å². The van der Waals surface area contributed by atoms with Crippen LogP contribution >= 0.6 is 0 Å². The molecule has 90 valence electrons. The smallest absolute Gasteiger partial charge is 0.426 e. The predicted octanol–water partition coefficient (Wildman–Crippen LogP) is -0.883. The molecule has 16 heavy (non-hydrogen) atoms.